The fourth-order valence-corrected chi connectivity index (χ4v) is 3.04. The van der Waals surface area contributed by atoms with E-state index in [1.54, 1.807) is 18.2 Å². The van der Waals surface area contributed by atoms with Gasteiger partial charge in [-0.3, -0.25) is 4.79 Å². The molecule has 0 spiro atoms. The van der Waals surface area contributed by atoms with Gasteiger partial charge in [-0.2, -0.15) is 0 Å². The second kappa shape index (κ2) is 6.89. The summed E-state index contributed by atoms with van der Waals surface area (Å²) in [7, 11) is 0. The van der Waals surface area contributed by atoms with E-state index in [-0.39, 0.29) is 13.0 Å². The summed E-state index contributed by atoms with van der Waals surface area (Å²) >= 11 is 6.17. The molecule has 0 unspecified atom stereocenters. The van der Waals surface area contributed by atoms with Crippen molar-refractivity contribution in [1.82, 2.24) is 5.16 Å². The van der Waals surface area contributed by atoms with Crippen LogP contribution in [0.25, 0.3) is 21.9 Å². The molecule has 0 aliphatic carbocycles. The Labute approximate surface area is 158 Å². The Hall–Kier alpha value is -3.12. The smallest absolute Gasteiger partial charge is 0.336 e. The van der Waals surface area contributed by atoms with Crippen LogP contribution in [-0.2, 0) is 22.6 Å². The molecule has 6 nitrogen and oxygen atoms in total. The lowest BCUT2D eigenvalue weighted by Crippen LogP contribution is -2.10. The molecule has 0 bridgehead atoms. The van der Waals surface area contributed by atoms with Gasteiger partial charge < -0.3 is 13.7 Å². The third-order valence-corrected chi connectivity index (χ3v) is 4.67. The average molecular weight is 384 g/mol. The third-order valence-electron chi connectivity index (χ3n) is 4.26. The zero-order chi connectivity index (χ0) is 19.0. The second-order valence-electron chi connectivity index (χ2n) is 6.15. The monoisotopic (exact) mass is 383 g/mol. The molecule has 27 heavy (non-hydrogen) atoms. The molecule has 4 rings (SSSR count). The third kappa shape index (κ3) is 3.44. The van der Waals surface area contributed by atoms with Crippen molar-refractivity contribution in [2.75, 3.05) is 0 Å². The zero-order valence-electron chi connectivity index (χ0n) is 14.3. The van der Waals surface area contributed by atoms with Gasteiger partial charge in [-0.15, -0.1) is 0 Å². The quantitative estimate of drug-likeness (QED) is 0.388. The summed E-state index contributed by atoms with van der Waals surface area (Å²) in [5, 5.41) is 5.85. The predicted molar refractivity (Wildman–Crippen MR) is 99.7 cm³/mol. The Kier molecular flexibility index (Phi) is 4.41. The standard InChI is InChI=1S/C20H14ClNO5/c1-11-6-18-14(8-15(11)21)12(7-20(24)26-18)10-25-19(23)9-16-13-4-2-3-5-17(13)27-22-16/h2-8H,9-10H2,1H3. The van der Waals surface area contributed by atoms with Crippen molar-refractivity contribution in [2.24, 2.45) is 0 Å². The summed E-state index contributed by atoms with van der Waals surface area (Å²) in [4.78, 5) is 24.0. The van der Waals surface area contributed by atoms with Crippen LogP contribution in [0.3, 0.4) is 0 Å². The van der Waals surface area contributed by atoms with E-state index in [1.165, 1.54) is 6.07 Å². The van der Waals surface area contributed by atoms with Gasteiger partial charge in [0.2, 0.25) is 0 Å². The molecule has 0 saturated heterocycles. The van der Waals surface area contributed by atoms with Gasteiger partial charge in [0, 0.05) is 27.4 Å². The van der Waals surface area contributed by atoms with E-state index in [2.05, 4.69) is 5.16 Å². The number of benzene rings is 2. The topological polar surface area (TPSA) is 82.5 Å². The van der Waals surface area contributed by atoms with Gasteiger partial charge in [0.15, 0.2) is 5.58 Å². The summed E-state index contributed by atoms with van der Waals surface area (Å²) in [6.07, 6.45) is -0.0315. The summed E-state index contributed by atoms with van der Waals surface area (Å²) in [6, 6.07) is 12.0. The van der Waals surface area contributed by atoms with Crippen molar-refractivity contribution in [3.8, 4) is 0 Å². The van der Waals surface area contributed by atoms with Gasteiger partial charge in [0.1, 0.15) is 17.9 Å². The summed E-state index contributed by atoms with van der Waals surface area (Å²) in [5.74, 6) is -0.478. The van der Waals surface area contributed by atoms with Gasteiger partial charge in [0.05, 0.1) is 6.42 Å². The molecule has 0 radical (unpaired) electrons. The van der Waals surface area contributed by atoms with Crippen molar-refractivity contribution < 1.29 is 18.5 Å². The minimum Gasteiger partial charge on any atom is -0.460 e. The highest BCUT2D eigenvalue weighted by Crippen LogP contribution is 2.26. The molecule has 2 aromatic carbocycles. The SMILES string of the molecule is Cc1cc2oc(=O)cc(COC(=O)Cc3noc4ccccc34)c2cc1Cl. The van der Waals surface area contributed by atoms with Crippen LogP contribution in [-0.4, -0.2) is 11.1 Å². The van der Waals surface area contributed by atoms with Crippen LogP contribution < -0.4 is 5.63 Å². The fourth-order valence-electron chi connectivity index (χ4n) is 2.88. The number of para-hydroxylation sites is 1. The number of ether oxygens (including phenoxy) is 1. The molecule has 0 aliphatic heterocycles. The highest BCUT2D eigenvalue weighted by molar-refractivity contribution is 6.32. The normalized spacial score (nSPS) is 11.2. The molecule has 2 heterocycles. The number of fused-ring (bicyclic) bond motifs is 2. The molecule has 136 valence electrons. The summed E-state index contributed by atoms with van der Waals surface area (Å²) in [6.45, 7) is 1.74. The first-order valence-electron chi connectivity index (χ1n) is 8.23. The molecule has 4 aromatic rings. The second-order valence-corrected chi connectivity index (χ2v) is 6.56. The maximum atomic E-state index is 12.2. The minimum atomic E-state index is -0.516. The number of halogens is 1. The van der Waals surface area contributed by atoms with Crippen LogP contribution >= 0.6 is 11.6 Å². The average Bonchev–Trinajstić information content (AvgIpc) is 3.04. The summed E-state index contributed by atoms with van der Waals surface area (Å²) < 4.78 is 15.7. The number of carbonyl (C=O) groups excluding carboxylic acids is 1. The van der Waals surface area contributed by atoms with E-state index in [1.807, 2.05) is 25.1 Å². The highest BCUT2D eigenvalue weighted by Gasteiger charge is 2.15. The Balaban J connectivity index is 1.55. The molecule has 7 heteroatoms. The van der Waals surface area contributed by atoms with Crippen LogP contribution in [0.1, 0.15) is 16.8 Å². The van der Waals surface area contributed by atoms with E-state index in [4.69, 9.17) is 25.3 Å². The molecule has 2 aromatic heterocycles. The fraction of sp³-hybridized carbons (Fsp3) is 0.150. The highest BCUT2D eigenvalue weighted by atomic mass is 35.5. The first-order valence-corrected chi connectivity index (χ1v) is 8.61. The maximum Gasteiger partial charge on any atom is 0.336 e. The van der Waals surface area contributed by atoms with Crippen LogP contribution in [0.5, 0.6) is 0 Å². The van der Waals surface area contributed by atoms with Crippen molar-refractivity contribution in [3.63, 3.8) is 0 Å². The van der Waals surface area contributed by atoms with E-state index in [0.717, 1.165) is 10.9 Å². The van der Waals surface area contributed by atoms with Gasteiger partial charge >= 0.3 is 11.6 Å². The number of aryl methyl sites for hydroxylation is 1. The molecule has 0 amide bonds. The Morgan fingerprint density at radius 3 is 2.81 bits per heavy atom. The number of carbonyl (C=O) groups is 1. The van der Waals surface area contributed by atoms with Gasteiger partial charge in [0.25, 0.3) is 0 Å². The lowest BCUT2D eigenvalue weighted by molar-refractivity contribution is -0.144. The van der Waals surface area contributed by atoms with Crippen molar-refractivity contribution in [1.29, 1.82) is 0 Å². The Morgan fingerprint density at radius 2 is 1.96 bits per heavy atom. The lowest BCUT2D eigenvalue weighted by Gasteiger charge is -2.08. The molecule has 0 fully saturated rings. The van der Waals surface area contributed by atoms with Gasteiger partial charge in [-0.25, -0.2) is 4.79 Å². The molecule has 0 saturated carbocycles. The number of nitrogens with zero attached hydrogens (tertiary/aromatic N) is 1. The number of rotatable bonds is 4. The van der Waals surface area contributed by atoms with E-state index in [0.29, 0.717) is 32.8 Å². The Bertz CT molecular complexity index is 1220. The van der Waals surface area contributed by atoms with E-state index in [9.17, 15) is 9.59 Å². The molecule has 0 aliphatic rings. The largest absolute Gasteiger partial charge is 0.460 e. The molecular weight excluding hydrogens is 370 g/mol. The predicted octanol–water partition coefficient (Wildman–Crippen LogP) is 4.18. The van der Waals surface area contributed by atoms with Crippen molar-refractivity contribution >= 4 is 39.5 Å². The van der Waals surface area contributed by atoms with Crippen LogP contribution in [0, 0.1) is 6.92 Å². The minimum absolute atomic E-state index is 0.0315. The van der Waals surface area contributed by atoms with Crippen LogP contribution in [0.15, 0.2) is 56.2 Å². The van der Waals surface area contributed by atoms with Crippen LogP contribution in [0.4, 0.5) is 0 Å². The maximum absolute atomic E-state index is 12.2. The van der Waals surface area contributed by atoms with E-state index >= 15 is 0 Å². The first-order chi connectivity index (χ1) is 13.0. The van der Waals surface area contributed by atoms with Crippen molar-refractivity contribution in [3.05, 3.63) is 74.7 Å². The number of esters is 1. The van der Waals surface area contributed by atoms with E-state index < -0.39 is 11.6 Å². The van der Waals surface area contributed by atoms with Gasteiger partial charge in [-0.1, -0.05) is 28.9 Å². The summed E-state index contributed by atoms with van der Waals surface area (Å²) in [5.41, 5.74) is 2.32. The van der Waals surface area contributed by atoms with Crippen LogP contribution in [0.2, 0.25) is 5.02 Å². The molecular formula is C20H14ClNO5. The number of hydrogen-bond acceptors (Lipinski definition) is 6. The lowest BCUT2D eigenvalue weighted by atomic mass is 10.1. The number of aromatic nitrogens is 1. The van der Waals surface area contributed by atoms with Gasteiger partial charge in [-0.05, 0) is 36.8 Å². The van der Waals surface area contributed by atoms with Crippen molar-refractivity contribution in [2.45, 2.75) is 20.0 Å². The number of hydrogen-bond donors (Lipinski definition) is 0. The molecule has 0 atom stereocenters. The zero-order valence-corrected chi connectivity index (χ0v) is 15.1. The molecule has 0 N–H and O–H groups in total. The Morgan fingerprint density at radius 1 is 1.15 bits per heavy atom. The first kappa shape index (κ1) is 17.3.